The molecule has 1 aromatic carbocycles. The maximum absolute atomic E-state index is 13.4. The Morgan fingerprint density at radius 2 is 1.85 bits per heavy atom. The zero-order valence-corrected chi connectivity index (χ0v) is 20.5. The van der Waals surface area contributed by atoms with Gasteiger partial charge in [0.25, 0.3) is 17.2 Å². The van der Waals surface area contributed by atoms with Gasteiger partial charge in [-0.25, -0.2) is 0 Å². The number of thiazole rings is 1. The van der Waals surface area contributed by atoms with Crippen molar-refractivity contribution in [3.05, 3.63) is 64.5 Å². The number of benzene rings is 1. The summed E-state index contributed by atoms with van der Waals surface area (Å²) in [6.45, 7) is 10.8. The van der Waals surface area contributed by atoms with Gasteiger partial charge >= 0.3 is 0 Å². The van der Waals surface area contributed by atoms with E-state index in [1.165, 1.54) is 29.5 Å². The highest BCUT2D eigenvalue weighted by molar-refractivity contribution is 8.11. The molecule has 0 radical (unpaired) electrons. The van der Waals surface area contributed by atoms with Gasteiger partial charge in [-0.05, 0) is 40.7 Å². The van der Waals surface area contributed by atoms with Crippen LogP contribution in [0.3, 0.4) is 0 Å². The smallest absolute Gasteiger partial charge is 0.283 e. The third-order valence-electron chi connectivity index (χ3n) is 5.64. The molecule has 172 valence electrons. The van der Waals surface area contributed by atoms with Crippen LogP contribution in [-0.2, 0) is 11.3 Å². The van der Waals surface area contributed by atoms with Crippen molar-refractivity contribution in [3.63, 3.8) is 0 Å². The fraction of sp³-hybridized carbons (Fsp3) is 0.318. The Morgan fingerprint density at radius 3 is 2.48 bits per heavy atom. The fourth-order valence-electron chi connectivity index (χ4n) is 3.85. The maximum atomic E-state index is 13.4. The molecule has 0 unspecified atom stereocenters. The van der Waals surface area contributed by atoms with E-state index in [4.69, 9.17) is 0 Å². The average Bonchev–Trinajstić information content (AvgIpc) is 3.38. The summed E-state index contributed by atoms with van der Waals surface area (Å²) in [5, 5.41) is 17.6. The Labute approximate surface area is 198 Å². The van der Waals surface area contributed by atoms with Crippen LogP contribution in [0.1, 0.15) is 34.6 Å². The highest BCUT2D eigenvalue weighted by atomic mass is 32.2. The molecule has 2 aromatic rings. The molecular formula is C22H23N5O4S2. The first kappa shape index (κ1) is 23.0. The van der Waals surface area contributed by atoms with Crippen LogP contribution in [0, 0.1) is 10.1 Å². The number of carbonyl (C=O) groups is 1. The van der Waals surface area contributed by atoms with E-state index in [-0.39, 0.29) is 11.2 Å². The molecule has 2 aliphatic heterocycles. The first-order chi connectivity index (χ1) is 15.7. The Morgan fingerprint density at radius 1 is 1.12 bits per heavy atom. The largest absolute Gasteiger partial charge is 0.338 e. The summed E-state index contributed by atoms with van der Waals surface area (Å²) in [6, 6.07) is 5.78. The molecule has 0 saturated heterocycles. The molecule has 9 nitrogen and oxygen atoms in total. The summed E-state index contributed by atoms with van der Waals surface area (Å²) in [5.74, 6) is -0.412. The van der Waals surface area contributed by atoms with E-state index in [9.17, 15) is 19.7 Å². The van der Waals surface area contributed by atoms with Gasteiger partial charge in [-0.3, -0.25) is 24.3 Å². The number of thioether (sulfide) groups is 1. The molecule has 11 heteroatoms. The topological polar surface area (TPSA) is 101 Å². The lowest BCUT2D eigenvalue weighted by molar-refractivity contribution is -0.384. The van der Waals surface area contributed by atoms with Gasteiger partial charge in [0.1, 0.15) is 14.2 Å². The van der Waals surface area contributed by atoms with E-state index < -0.39 is 10.8 Å². The molecule has 33 heavy (non-hydrogen) atoms. The second-order valence-corrected chi connectivity index (χ2v) is 9.74. The first-order valence-corrected chi connectivity index (χ1v) is 12.1. The number of amides is 1. The van der Waals surface area contributed by atoms with Crippen LogP contribution < -0.4 is 19.8 Å². The number of nitro benzene ring substituents is 1. The van der Waals surface area contributed by atoms with Crippen molar-refractivity contribution in [3.8, 4) is 0 Å². The molecule has 0 aliphatic carbocycles. The number of anilines is 1. The highest BCUT2D eigenvalue weighted by Crippen LogP contribution is 2.40. The zero-order valence-electron chi connectivity index (χ0n) is 18.9. The van der Waals surface area contributed by atoms with Gasteiger partial charge in [0.05, 0.1) is 21.9 Å². The fourth-order valence-corrected chi connectivity index (χ4v) is 6.45. The summed E-state index contributed by atoms with van der Waals surface area (Å²) in [4.78, 5) is 40.7. The molecule has 1 amide bonds. The zero-order chi connectivity index (χ0) is 24.0. The van der Waals surface area contributed by atoms with Gasteiger partial charge in [0.2, 0.25) is 0 Å². The first-order valence-electron chi connectivity index (χ1n) is 10.4. The molecule has 0 bridgehead atoms. The van der Waals surface area contributed by atoms with Crippen molar-refractivity contribution >= 4 is 56.7 Å². The van der Waals surface area contributed by atoms with Crippen LogP contribution in [0.25, 0.3) is 10.6 Å². The van der Waals surface area contributed by atoms with Crippen LogP contribution in [0.15, 0.2) is 44.8 Å². The molecule has 0 saturated carbocycles. The quantitative estimate of drug-likeness (QED) is 0.488. The second-order valence-electron chi connectivity index (χ2n) is 7.53. The lowest BCUT2D eigenvalue weighted by Gasteiger charge is -2.17. The lowest BCUT2D eigenvalue weighted by atomic mass is 10.2. The molecule has 0 N–H and O–H groups in total. The molecule has 2 aliphatic rings. The molecule has 3 heterocycles. The van der Waals surface area contributed by atoms with Gasteiger partial charge < -0.3 is 4.90 Å². The van der Waals surface area contributed by atoms with Gasteiger partial charge in [0.15, 0.2) is 0 Å². The SMILES string of the molecule is CCN1C(C)=C(C)SC1=c1sc(=C2C(=O)N(c3cccc([N+](=O)[O-])c3)N=C2C)n(CC)c1=O. The van der Waals surface area contributed by atoms with Gasteiger partial charge in [-0.2, -0.15) is 10.1 Å². The summed E-state index contributed by atoms with van der Waals surface area (Å²) in [7, 11) is 0. The maximum Gasteiger partial charge on any atom is 0.283 e. The standard InChI is InChI=1S/C22H23N5O4S2/c1-6-24-13(4)14(5)32-22(24)18-20(29)25(7-2)21(33-18)17-12(3)23-26(19(17)28)15-9-8-10-16(11-15)27(30)31/h8-11H,6-7H2,1-5H3. The predicted molar refractivity (Wildman–Crippen MR) is 132 cm³/mol. The number of rotatable bonds is 4. The van der Waals surface area contributed by atoms with E-state index in [1.54, 1.807) is 29.3 Å². The minimum absolute atomic E-state index is 0.127. The summed E-state index contributed by atoms with van der Waals surface area (Å²) in [6.07, 6.45) is 0. The van der Waals surface area contributed by atoms with Gasteiger partial charge in [0, 0.05) is 35.8 Å². The summed E-state index contributed by atoms with van der Waals surface area (Å²) in [5.41, 5.74) is 1.96. The number of aromatic nitrogens is 1. The van der Waals surface area contributed by atoms with Crippen molar-refractivity contribution in [2.75, 3.05) is 11.6 Å². The lowest BCUT2D eigenvalue weighted by Crippen LogP contribution is -2.35. The van der Waals surface area contributed by atoms with E-state index in [0.717, 1.165) is 27.2 Å². The van der Waals surface area contributed by atoms with E-state index in [1.807, 2.05) is 27.7 Å². The monoisotopic (exact) mass is 485 g/mol. The normalized spacial score (nSPS) is 19.7. The molecule has 0 fully saturated rings. The molecule has 0 spiro atoms. The minimum Gasteiger partial charge on any atom is -0.338 e. The number of hydrogen-bond acceptors (Lipinski definition) is 8. The molecular weight excluding hydrogens is 462 g/mol. The molecule has 4 rings (SSSR count). The van der Waals surface area contributed by atoms with Crippen LogP contribution in [0.2, 0.25) is 0 Å². The summed E-state index contributed by atoms with van der Waals surface area (Å²) >= 11 is 2.86. The third kappa shape index (κ3) is 3.70. The van der Waals surface area contributed by atoms with E-state index in [0.29, 0.717) is 32.7 Å². The van der Waals surface area contributed by atoms with Crippen LogP contribution in [0.4, 0.5) is 11.4 Å². The molecule has 0 atom stereocenters. The minimum atomic E-state index is -0.514. The van der Waals surface area contributed by atoms with Crippen LogP contribution in [-0.4, -0.2) is 32.6 Å². The van der Waals surface area contributed by atoms with Crippen LogP contribution >= 0.6 is 23.1 Å². The number of hydrazone groups is 1. The molecule has 1 aromatic heterocycles. The van der Waals surface area contributed by atoms with Crippen molar-refractivity contribution < 1.29 is 9.72 Å². The van der Waals surface area contributed by atoms with Gasteiger partial charge in [-0.1, -0.05) is 17.8 Å². The number of nitrogens with zero attached hydrogens (tertiary/aromatic N) is 5. The highest BCUT2D eigenvalue weighted by Gasteiger charge is 2.32. The second kappa shape index (κ2) is 8.64. The Hall–Kier alpha value is -3.18. The average molecular weight is 486 g/mol. The van der Waals surface area contributed by atoms with E-state index in [2.05, 4.69) is 10.0 Å². The number of hydrogen-bond donors (Lipinski definition) is 0. The van der Waals surface area contributed by atoms with Crippen molar-refractivity contribution in [1.29, 1.82) is 0 Å². The van der Waals surface area contributed by atoms with Gasteiger partial charge in [-0.15, -0.1) is 11.3 Å². The number of carbonyl (C=O) groups excluding carboxylic acids is 1. The van der Waals surface area contributed by atoms with Crippen LogP contribution in [0.5, 0.6) is 0 Å². The number of nitro groups is 1. The van der Waals surface area contributed by atoms with Crippen molar-refractivity contribution in [1.82, 2.24) is 9.47 Å². The number of allylic oxidation sites excluding steroid dienone is 2. The summed E-state index contributed by atoms with van der Waals surface area (Å²) < 4.78 is 2.74. The van der Waals surface area contributed by atoms with Crippen molar-refractivity contribution in [2.24, 2.45) is 5.10 Å². The third-order valence-corrected chi connectivity index (χ3v) is 8.17. The Bertz CT molecular complexity index is 1430. The predicted octanol–water partition coefficient (Wildman–Crippen LogP) is 2.80. The Balaban J connectivity index is 1.92. The van der Waals surface area contributed by atoms with Crippen molar-refractivity contribution in [2.45, 2.75) is 41.2 Å². The number of non-ortho nitro benzene ring substituents is 1. The van der Waals surface area contributed by atoms with E-state index >= 15 is 0 Å². The Kier molecular flexibility index (Phi) is 6.02.